The van der Waals surface area contributed by atoms with Gasteiger partial charge in [-0.2, -0.15) is 0 Å². The third-order valence-electron chi connectivity index (χ3n) is 3.81. The van der Waals surface area contributed by atoms with Crippen molar-refractivity contribution in [2.45, 2.75) is 19.3 Å². The Morgan fingerprint density at radius 3 is 2.14 bits per heavy atom. The molecule has 1 atom stereocenters. The van der Waals surface area contributed by atoms with Crippen molar-refractivity contribution in [2.75, 3.05) is 0 Å². The van der Waals surface area contributed by atoms with Crippen molar-refractivity contribution in [1.82, 2.24) is 19.9 Å². The highest BCUT2D eigenvalue weighted by atomic mass is 14.9. The first-order chi connectivity index (χ1) is 10.3. The number of H-pyrrole nitrogens is 2. The number of imidazole rings is 2. The molecular formula is C17H16N4. The van der Waals surface area contributed by atoms with Gasteiger partial charge in [0.05, 0.1) is 22.1 Å². The molecule has 4 aromatic rings. The van der Waals surface area contributed by atoms with Crippen LogP contribution < -0.4 is 0 Å². The van der Waals surface area contributed by atoms with Crippen LogP contribution in [0.1, 0.15) is 24.5 Å². The van der Waals surface area contributed by atoms with E-state index < -0.39 is 0 Å². The van der Waals surface area contributed by atoms with E-state index in [9.17, 15) is 0 Å². The Morgan fingerprint density at radius 2 is 1.48 bits per heavy atom. The molecule has 2 heterocycles. The van der Waals surface area contributed by atoms with Gasteiger partial charge in [-0.05, 0) is 24.3 Å². The minimum atomic E-state index is 0.290. The molecule has 0 radical (unpaired) electrons. The number of para-hydroxylation sites is 4. The number of nitrogens with one attached hydrogen (secondary N) is 2. The van der Waals surface area contributed by atoms with Crippen LogP contribution in [0.15, 0.2) is 48.5 Å². The monoisotopic (exact) mass is 276 g/mol. The highest BCUT2D eigenvalue weighted by molar-refractivity contribution is 5.75. The molecule has 0 bridgehead atoms. The van der Waals surface area contributed by atoms with Gasteiger partial charge in [0.2, 0.25) is 0 Å². The van der Waals surface area contributed by atoms with Gasteiger partial charge in [0, 0.05) is 12.3 Å². The Kier molecular flexibility index (Phi) is 2.74. The van der Waals surface area contributed by atoms with Crippen molar-refractivity contribution in [3.8, 4) is 0 Å². The zero-order valence-corrected chi connectivity index (χ0v) is 11.8. The number of aromatic amines is 2. The SMILES string of the molecule is C[C@@H](Cc1nc2ccccc2[nH]1)c1nc2ccccc2[nH]1. The van der Waals surface area contributed by atoms with Crippen molar-refractivity contribution >= 4 is 22.1 Å². The minimum absolute atomic E-state index is 0.290. The van der Waals surface area contributed by atoms with Crippen molar-refractivity contribution in [1.29, 1.82) is 0 Å². The summed E-state index contributed by atoms with van der Waals surface area (Å²) in [7, 11) is 0. The quantitative estimate of drug-likeness (QED) is 0.598. The summed E-state index contributed by atoms with van der Waals surface area (Å²) >= 11 is 0. The lowest BCUT2D eigenvalue weighted by Gasteiger charge is -2.05. The van der Waals surface area contributed by atoms with Gasteiger partial charge in [-0.25, -0.2) is 9.97 Å². The molecule has 0 unspecified atom stereocenters. The fourth-order valence-corrected chi connectivity index (χ4v) is 2.69. The molecule has 2 aromatic carbocycles. The van der Waals surface area contributed by atoms with Crippen LogP contribution in [0.25, 0.3) is 22.1 Å². The Balaban J connectivity index is 1.63. The molecular weight excluding hydrogens is 260 g/mol. The van der Waals surface area contributed by atoms with Crippen LogP contribution in [-0.4, -0.2) is 19.9 Å². The van der Waals surface area contributed by atoms with Crippen molar-refractivity contribution in [2.24, 2.45) is 0 Å². The molecule has 0 aliphatic carbocycles. The van der Waals surface area contributed by atoms with Crippen LogP contribution >= 0.6 is 0 Å². The highest BCUT2D eigenvalue weighted by Gasteiger charge is 2.13. The van der Waals surface area contributed by atoms with E-state index >= 15 is 0 Å². The molecule has 0 amide bonds. The highest BCUT2D eigenvalue weighted by Crippen LogP contribution is 2.21. The molecule has 0 aliphatic rings. The van der Waals surface area contributed by atoms with Gasteiger partial charge in [0.1, 0.15) is 11.6 Å². The summed E-state index contributed by atoms with van der Waals surface area (Å²) in [5, 5.41) is 0. The number of nitrogens with zero attached hydrogens (tertiary/aromatic N) is 2. The summed E-state index contributed by atoms with van der Waals surface area (Å²) in [4.78, 5) is 16.1. The molecule has 0 saturated heterocycles. The van der Waals surface area contributed by atoms with Gasteiger partial charge in [-0.15, -0.1) is 0 Å². The summed E-state index contributed by atoms with van der Waals surface area (Å²) < 4.78 is 0. The first-order valence-corrected chi connectivity index (χ1v) is 7.18. The van der Waals surface area contributed by atoms with E-state index in [1.807, 2.05) is 36.4 Å². The van der Waals surface area contributed by atoms with Crippen LogP contribution in [0, 0.1) is 0 Å². The van der Waals surface area contributed by atoms with Crippen LogP contribution in [0.3, 0.4) is 0 Å². The van der Waals surface area contributed by atoms with Gasteiger partial charge < -0.3 is 9.97 Å². The van der Waals surface area contributed by atoms with E-state index in [2.05, 4.69) is 39.0 Å². The second-order valence-electron chi connectivity index (χ2n) is 5.45. The third-order valence-corrected chi connectivity index (χ3v) is 3.81. The van der Waals surface area contributed by atoms with Crippen LogP contribution in [0.2, 0.25) is 0 Å². The van der Waals surface area contributed by atoms with Gasteiger partial charge >= 0.3 is 0 Å². The Labute approximate surface area is 122 Å². The van der Waals surface area contributed by atoms with Crippen LogP contribution in [0.4, 0.5) is 0 Å². The van der Waals surface area contributed by atoms with E-state index in [1.165, 1.54) is 0 Å². The number of rotatable bonds is 3. The average Bonchev–Trinajstić information content (AvgIpc) is 3.10. The maximum atomic E-state index is 4.67. The summed E-state index contributed by atoms with van der Waals surface area (Å²) in [5.74, 6) is 2.30. The minimum Gasteiger partial charge on any atom is -0.342 e. The van der Waals surface area contributed by atoms with Crippen molar-refractivity contribution in [3.05, 3.63) is 60.2 Å². The molecule has 4 heteroatoms. The Bertz CT molecular complexity index is 837. The third kappa shape index (κ3) is 2.18. The molecule has 2 aromatic heterocycles. The van der Waals surface area contributed by atoms with Crippen molar-refractivity contribution in [3.63, 3.8) is 0 Å². The lowest BCUT2D eigenvalue weighted by atomic mass is 10.1. The molecule has 0 saturated carbocycles. The number of fused-ring (bicyclic) bond motifs is 2. The Morgan fingerprint density at radius 1 is 0.857 bits per heavy atom. The van der Waals surface area contributed by atoms with Crippen LogP contribution in [-0.2, 0) is 6.42 Å². The Hall–Kier alpha value is -2.62. The van der Waals surface area contributed by atoms with Crippen molar-refractivity contribution < 1.29 is 0 Å². The largest absolute Gasteiger partial charge is 0.342 e. The normalized spacial score (nSPS) is 13.0. The number of benzene rings is 2. The molecule has 2 N–H and O–H groups in total. The lowest BCUT2D eigenvalue weighted by Crippen LogP contribution is -2.02. The lowest BCUT2D eigenvalue weighted by molar-refractivity contribution is 0.690. The predicted octanol–water partition coefficient (Wildman–Crippen LogP) is 3.79. The van der Waals surface area contributed by atoms with Gasteiger partial charge in [0.25, 0.3) is 0 Å². The van der Waals surface area contributed by atoms with E-state index in [-0.39, 0.29) is 5.92 Å². The molecule has 4 rings (SSSR count). The summed E-state index contributed by atoms with van der Waals surface area (Å²) in [6.07, 6.45) is 0.842. The average molecular weight is 276 g/mol. The maximum Gasteiger partial charge on any atom is 0.110 e. The molecule has 0 fully saturated rings. The van der Waals surface area contributed by atoms with E-state index in [4.69, 9.17) is 0 Å². The number of hydrogen-bond acceptors (Lipinski definition) is 2. The molecule has 0 aliphatic heterocycles. The standard InChI is InChI=1S/C17H16N4/c1-11(17-20-14-8-4-5-9-15(14)21-17)10-16-18-12-6-2-3-7-13(12)19-16/h2-9,11H,10H2,1H3,(H,18,19)(H,20,21)/t11-/m0/s1. The smallest absolute Gasteiger partial charge is 0.110 e. The fourth-order valence-electron chi connectivity index (χ4n) is 2.69. The zero-order valence-electron chi connectivity index (χ0n) is 11.8. The van der Waals surface area contributed by atoms with Crippen LogP contribution in [0.5, 0.6) is 0 Å². The predicted molar refractivity (Wildman–Crippen MR) is 84.3 cm³/mol. The molecule has 104 valence electrons. The van der Waals surface area contributed by atoms with Gasteiger partial charge in [0.15, 0.2) is 0 Å². The van der Waals surface area contributed by atoms with Gasteiger partial charge in [-0.3, -0.25) is 0 Å². The second kappa shape index (κ2) is 4.74. The molecule has 0 spiro atoms. The second-order valence-corrected chi connectivity index (χ2v) is 5.45. The summed E-state index contributed by atoms with van der Waals surface area (Å²) in [6.45, 7) is 2.17. The topological polar surface area (TPSA) is 57.4 Å². The summed E-state index contributed by atoms with van der Waals surface area (Å²) in [6, 6.07) is 16.2. The zero-order chi connectivity index (χ0) is 14.2. The molecule has 4 nitrogen and oxygen atoms in total. The van der Waals surface area contributed by atoms with E-state index in [0.29, 0.717) is 0 Å². The van der Waals surface area contributed by atoms with E-state index in [0.717, 1.165) is 40.1 Å². The summed E-state index contributed by atoms with van der Waals surface area (Å²) in [5.41, 5.74) is 4.21. The first kappa shape index (κ1) is 12.1. The van der Waals surface area contributed by atoms with Gasteiger partial charge in [-0.1, -0.05) is 31.2 Å². The maximum absolute atomic E-state index is 4.67. The molecule has 21 heavy (non-hydrogen) atoms. The first-order valence-electron chi connectivity index (χ1n) is 7.18. The number of aromatic nitrogens is 4. The van der Waals surface area contributed by atoms with E-state index in [1.54, 1.807) is 0 Å². The number of hydrogen-bond donors (Lipinski definition) is 2. The fraction of sp³-hybridized carbons (Fsp3) is 0.176.